The highest BCUT2D eigenvalue weighted by Crippen LogP contribution is 2.21. The van der Waals surface area contributed by atoms with Crippen molar-refractivity contribution in [1.82, 2.24) is 20.4 Å². The molecule has 1 aromatic carbocycles. The SMILES string of the molecule is CC(C)(C)c1noc(CCCC(=O)NCc2nc(-c3ccccc3)cs2)n1. The molecular formula is C20H24N4O2S. The Morgan fingerprint density at radius 3 is 2.67 bits per heavy atom. The lowest BCUT2D eigenvalue weighted by atomic mass is 9.96. The molecular weight excluding hydrogens is 360 g/mol. The largest absolute Gasteiger partial charge is 0.350 e. The Hall–Kier alpha value is -2.54. The number of aromatic nitrogens is 3. The first-order chi connectivity index (χ1) is 12.9. The number of rotatable bonds is 7. The molecule has 3 rings (SSSR count). The molecule has 0 bridgehead atoms. The molecule has 142 valence electrons. The number of carbonyl (C=O) groups excluding carboxylic acids is 1. The van der Waals surface area contributed by atoms with Gasteiger partial charge in [-0.3, -0.25) is 4.79 Å². The number of nitrogens with zero attached hydrogens (tertiary/aromatic N) is 3. The van der Waals surface area contributed by atoms with E-state index in [1.54, 1.807) is 11.3 Å². The summed E-state index contributed by atoms with van der Waals surface area (Å²) in [4.78, 5) is 21.0. The van der Waals surface area contributed by atoms with Gasteiger partial charge in [0.05, 0.1) is 12.2 Å². The molecule has 7 heteroatoms. The minimum Gasteiger partial charge on any atom is -0.350 e. The lowest BCUT2D eigenvalue weighted by Gasteiger charge is -2.10. The van der Waals surface area contributed by atoms with E-state index in [1.165, 1.54) is 0 Å². The van der Waals surface area contributed by atoms with Gasteiger partial charge in [0.25, 0.3) is 0 Å². The van der Waals surface area contributed by atoms with E-state index in [4.69, 9.17) is 4.52 Å². The summed E-state index contributed by atoms with van der Waals surface area (Å²) >= 11 is 1.55. The number of thiazole rings is 1. The van der Waals surface area contributed by atoms with Crippen LogP contribution in [0.4, 0.5) is 0 Å². The number of benzene rings is 1. The molecule has 0 spiro atoms. The van der Waals surface area contributed by atoms with Crippen molar-refractivity contribution in [1.29, 1.82) is 0 Å². The normalized spacial score (nSPS) is 11.5. The van der Waals surface area contributed by atoms with Crippen molar-refractivity contribution in [2.24, 2.45) is 0 Å². The predicted octanol–water partition coefficient (Wildman–Crippen LogP) is 4.13. The van der Waals surface area contributed by atoms with E-state index >= 15 is 0 Å². The molecule has 1 N–H and O–H groups in total. The number of hydrogen-bond acceptors (Lipinski definition) is 6. The molecule has 0 aliphatic heterocycles. The molecule has 6 nitrogen and oxygen atoms in total. The van der Waals surface area contributed by atoms with Crippen LogP contribution in [0, 0.1) is 0 Å². The fraction of sp³-hybridized carbons (Fsp3) is 0.400. The van der Waals surface area contributed by atoms with Gasteiger partial charge in [-0.1, -0.05) is 56.3 Å². The highest BCUT2D eigenvalue weighted by atomic mass is 32.1. The molecule has 0 saturated heterocycles. The number of nitrogens with one attached hydrogen (secondary N) is 1. The molecule has 0 fully saturated rings. The van der Waals surface area contributed by atoms with Gasteiger partial charge in [-0.15, -0.1) is 11.3 Å². The van der Waals surface area contributed by atoms with Crippen LogP contribution in [0.2, 0.25) is 0 Å². The maximum atomic E-state index is 12.0. The molecule has 0 radical (unpaired) electrons. The summed E-state index contributed by atoms with van der Waals surface area (Å²) in [6.07, 6.45) is 1.70. The second-order valence-electron chi connectivity index (χ2n) is 7.38. The topological polar surface area (TPSA) is 80.9 Å². The van der Waals surface area contributed by atoms with Crippen molar-refractivity contribution in [3.63, 3.8) is 0 Å². The third kappa shape index (κ3) is 5.47. The minimum absolute atomic E-state index is 0.00187. The molecule has 0 aliphatic rings. The molecule has 2 aromatic heterocycles. The molecule has 0 unspecified atom stereocenters. The lowest BCUT2D eigenvalue weighted by Crippen LogP contribution is -2.22. The van der Waals surface area contributed by atoms with Gasteiger partial charge >= 0.3 is 0 Å². The molecule has 0 aliphatic carbocycles. The fourth-order valence-corrected chi connectivity index (χ4v) is 3.20. The smallest absolute Gasteiger partial charge is 0.226 e. The Kier molecular flexibility index (Phi) is 6.01. The third-order valence-corrected chi connectivity index (χ3v) is 4.84. The van der Waals surface area contributed by atoms with Crippen molar-refractivity contribution in [3.8, 4) is 11.3 Å². The van der Waals surface area contributed by atoms with Crippen molar-refractivity contribution in [3.05, 3.63) is 52.4 Å². The zero-order valence-corrected chi connectivity index (χ0v) is 16.7. The molecule has 1 amide bonds. The second kappa shape index (κ2) is 8.43. The van der Waals surface area contributed by atoms with Crippen molar-refractivity contribution in [2.45, 2.75) is 52.0 Å². The quantitative estimate of drug-likeness (QED) is 0.662. The van der Waals surface area contributed by atoms with Crippen LogP contribution >= 0.6 is 11.3 Å². The monoisotopic (exact) mass is 384 g/mol. The van der Waals surface area contributed by atoms with Gasteiger partial charge in [-0.25, -0.2) is 4.98 Å². The standard InChI is InChI=1S/C20H24N4O2S/c1-20(2,3)19-23-17(26-24-19)11-7-10-16(25)21-12-18-22-15(13-27-18)14-8-5-4-6-9-14/h4-6,8-9,13H,7,10-12H2,1-3H3,(H,21,25). The van der Waals surface area contributed by atoms with E-state index < -0.39 is 0 Å². The second-order valence-corrected chi connectivity index (χ2v) is 8.33. The van der Waals surface area contributed by atoms with Gasteiger partial charge in [0.2, 0.25) is 11.8 Å². The maximum absolute atomic E-state index is 12.0. The molecule has 0 atom stereocenters. The van der Waals surface area contributed by atoms with Gasteiger partial charge in [0.15, 0.2) is 5.82 Å². The van der Waals surface area contributed by atoms with E-state index in [0.29, 0.717) is 37.5 Å². The summed E-state index contributed by atoms with van der Waals surface area (Å²) < 4.78 is 5.25. The first kappa shape index (κ1) is 19.2. The average molecular weight is 385 g/mol. The van der Waals surface area contributed by atoms with Crippen LogP contribution in [0.25, 0.3) is 11.3 Å². The van der Waals surface area contributed by atoms with Crippen LogP contribution in [0.15, 0.2) is 40.2 Å². The Morgan fingerprint density at radius 1 is 1.19 bits per heavy atom. The molecule has 27 heavy (non-hydrogen) atoms. The summed E-state index contributed by atoms with van der Waals surface area (Å²) in [5.41, 5.74) is 1.89. The Balaban J connectivity index is 1.41. The zero-order valence-electron chi connectivity index (χ0n) is 15.9. The Labute approximate surface area is 163 Å². The van der Waals surface area contributed by atoms with E-state index in [0.717, 1.165) is 16.3 Å². The highest BCUT2D eigenvalue weighted by molar-refractivity contribution is 7.09. The van der Waals surface area contributed by atoms with Gasteiger partial charge < -0.3 is 9.84 Å². The van der Waals surface area contributed by atoms with Crippen LogP contribution in [0.1, 0.15) is 50.3 Å². The number of carbonyl (C=O) groups is 1. The van der Waals surface area contributed by atoms with Crippen LogP contribution in [-0.2, 0) is 23.2 Å². The van der Waals surface area contributed by atoms with E-state index in [-0.39, 0.29) is 11.3 Å². The molecule has 2 heterocycles. The maximum Gasteiger partial charge on any atom is 0.226 e. The minimum atomic E-state index is -0.133. The van der Waals surface area contributed by atoms with Gasteiger partial charge in [0, 0.05) is 29.2 Å². The van der Waals surface area contributed by atoms with Gasteiger partial charge in [0.1, 0.15) is 5.01 Å². The Bertz CT molecular complexity index is 881. The van der Waals surface area contributed by atoms with E-state index in [9.17, 15) is 4.79 Å². The number of hydrogen-bond donors (Lipinski definition) is 1. The predicted molar refractivity (Wildman–Crippen MR) is 105 cm³/mol. The first-order valence-corrected chi connectivity index (χ1v) is 9.89. The molecule has 3 aromatic rings. The number of aryl methyl sites for hydroxylation is 1. The van der Waals surface area contributed by atoms with Crippen molar-refractivity contribution < 1.29 is 9.32 Å². The zero-order chi connectivity index (χ0) is 19.3. The van der Waals surface area contributed by atoms with Gasteiger partial charge in [-0.05, 0) is 6.42 Å². The third-order valence-electron chi connectivity index (χ3n) is 3.99. The summed E-state index contributed by atoms with van der Waals surface area (Å²) in [5, 5.41) is 9.83. The average Bonchev–Trinajstić information content (AvgIpc) is 3.30. The summed E-state index contributed by atoms with van der Waals surface area (Å²) in [6, 6.07) is 10.0. The van der Waals surface area contributed by atoms with Crippen LogP contribution in [-0.4, -0.2) is 21.0 Å². The highest BCUT2D eigenvalue weighted by Gasteiger charge is 2.20. The summed E-state index contributed by atoms with van der Waals surface area (Å²) in [6.45, 7) is 6.57. The van der Waals surface area contributed by atoms with Crippen molar-refractivity contribution >= 4 is 17.2 Å². The van der Waals surface area contributed by atoms with E-state index in [1.807, 2.05) is 56.5 Å². The number of amides is 1. The Morgan fingerprint density at radius 2 is 1.96 bits per heavy atom. The summed E-state index contributed by atoms with van der Waals surface area (Å²) in [5.74, 6) is 1.28. The summed E-state index contributed by atoms with van der Waals surface area (Å²) in [7, 11) is 0. The van der Waals surface area contributed by atoms with E-state index in [2.05, 4.69) is 20.4 Å². The van der Waals surface area contributed by atoms with Crippen molar-refractivity contribution in [2.75, 3.05) is 0 Å². The fourth-order valence-electron chi connectivity index (χ4n) is 2.46. The van der Waals surface area contributed by atoms with Crippen LogP contribution < -0.4 is 5.32 Å². The van der Waals surface area contributed by atoms with Crippen LogP contribution in [0.3, 0.4) is 0 Å². The van der Waals surface area contributed by atoms with Crippen LogP contribution in [0.5, 0.6) is 0 Å². The lowest BCUT2D eigenvalue weighted by molar-refractivity contribution is -0.121. The molecule has 0 saturated carbocycles. The van der Waals surface area contributed by atoms with Gasteiger partial charge in [-0.2, -0.15) is 4.98 Å². The first-order valence-electron chi connectivity index (χ1n) is 9.01.